The maximum Gasteiger partial charge on any atom is 0.339 e. The molecule has 0 bridgehead atoms. The molecule has 3 atom stereocenters. The first-order chi connectivity index (χ1) is 25.9. The van der Waals surface area contributed by atoms with Crippen molar-refractivity contribution < 1.29 is 39.5 Å². The van der Waals surface area contributed by atoms with Crippen molar-refractivity contribution in [2.24, 2.45) is 0 Å². The maximum atomic E-state index is 10.8. The van der Waals surface area contributed by atoms with Gasteiger partial charge < -0.3 is 29.9 Å². The zero-order chi connectivity index (χ0) is 39.6. The van der Waals surface area contributed by atoms with Gasteiger partial charge in [-0.1, -0.05) is 120 Å². The largest absolute Gasteiger partial charge is 0.507 e. The highest BCUT2D eigenvalue weighted by molar-refractivity contribution is 5.91. The van der Waals surface area contributed by atoms with Crippen LogP contribution in [0.5, 0.6) is 23.0 Å². The molecule has 286 valence electrons. The molecule has 5 aromatic carbocycles. The van der Waals surface area contributed by atoms with E-state index in [1.807, 2.05) is 24.3 Å². The molecule has 0 aliphatic rings. The van der Waals surface area contributed by atoms with Crippen molar-refractivity contribution in [3.63, 3.8) is 0 Å². The number of carbonyl (C=O) groups is 2. The lowest BCUT2D eigenvalue weighted by Crippen LogP contribution is -2.00. The van der Waals surface area contributed by atoms with Crippen LogP contribution in [0.2, 0.25) is 0 Å². The fourth-order valence-electron chi connectivity index (χ4n) is 5.32. The normalized spacial score (nSPS) is 12.1. The van der Waals surface area contributed by atoms with Crippen LogP contribution in [0.3, 0.4) is 0 Å². The third kappa shape index (κ3) is 13.3. The van der Waals surface area contributed by atoms with Gasteiger partial charge >= 0.3 is 11.9 Å². The van der Waals surface area contributed by atoms with Gasteiger partial charge in [0.1, 0.15) is 47.3 Å². The van der Waals surface area contributed by atoms with Crippen LogP contribution in [-0.2, 0) is 13.2 Å². The summed E-state index contributed by atoms with van der Waals surface area (Å²) in [4.78, 5) is 21.7. The lowest BCUT2D eigenvalue weighted by molar-refractivity contribution is 0.0682. The van der Waals surface area contributed by atoms with Gasteiger partial charge in [0.05, 0.1) is 0 Å². The Morgan fingerprint density at radius 3 is 1.37 bits per heavy atom. The van der Waals surface area contributed by atoms with Crippen LogP contribution >= 0.6 is 0 Å². The molecule has 4 N–H and O–H groups in total. The number of hydrogen-bond donors (Lipinski definition) is 4. The molecule has 0 aliphatic heterocycles. The molecule has 54 heavy (non-hydrogen) atoms. The molecule has 0 saturated heterocycles. The highest BCUT2D eigenvalue weighted by atomic mass is 16.5. The van der Waals surface area contributed by atoms with E-state index >= 15 is 0 Å². The minimum absolute atomic E-state index is 0.133. The molecule has 0 aliphatic carbocycles. The van der Waals surface area contributed by atoms with Crippen molar-refractivity contribution in [2.45, 2.75) is 91.8 Å². The Kier molecular flexibility index (Phi) is 17.1. The number of carboxylic acid groups (broad SMARTS) is 2. The molecule has 0 radical (unpaired) electrons. The van der Waals surface area contributed by atoms with E-state index in [-0.39, 0.29) is 22.6 Å². The molecule has 8 heteroatoms. The van der Waals surface area contributed by atoms with Crippen LogP contribution in [0.4, 0.5) is 0 Å². The zero-order valence-corrected chi connectivity index (χ0v) is 32.2. The van der Waals surface area contributed by atoms with Crippen molar-refractivity contribution in [1.29, 1.82) is 0 Å². The van der Waals surface area contributed by atoms with E-state index in [9.17, 15) is 19.8 Å². The summed E-state index contributed by atoms with van der Waals surface area (Å²) in [5.74, 6) is -0.286. The molecule has 0 spiro atoms. The van der Waals surface area contributed by atoms with Crippen LogP contribution in [0.25, 0.3) is 0 Å². The summed E-state index contributed by atoms with van der Waals surface area (Å²) < 4.78 is 11.2. The van der Waals surface area contributed by atoms with Crippen molar-refractivity contribution in [3.05, 3.63) is 154 Å². The molecule has 0 saturated carbocycles. The second kappa shape index (κ2) is 21.7. The number of aromatic hydroxyl groups is 2. The minimum atomic E-state index is -1.16. The van der Waals surface area contributed by atoms with Gasteiger partial charge in [-0.05, 0) is 89.1 Å². The second-order valence-corrected chi connectivity index (χ2v) is 13.4. The highest BCUT2D eigenvalue weighted by Crippen LogP contribution is 2.27. The number of ether oxygens (including phenoxy) is 2. The molecule has 0 amide bonds. The third-order valence-electron chi connectivity index (χ3n) is 9.48. The van der Waals surface area contributed by atoms with Gasteiger partial charge in [0.25, 0.3) is 0 Å². The van der Waals surface area contributed by atoms with Gasteiger partial charge in [-0.15, -0.1) is 0 Å². The highest BCUT2D eigenvalue weighted by Gasteiger charge is 2.12. The van der Waals surface area contributed by atoms with Crippen molar-refractivity contribution in [3.8, 4) is 23.0 Å². The predicted octanol–water partition coefficient (Wildman–Crippen LogP) is 11.6. The van der Waals surface area contributed by atoms with E-state index < -0.39 is 11.9 Å². The van der Waals surface area contributed by atoms with E-state index in [1.165, 1.54) is 53.4 Å². The molecule has 0 fully saturated rings. The summed E-state index contributed by atoms with van der Waals surface area (Å²) in [7, 11) is 0. The number of aromatic carboxylic acids is 2. The smallest absolute Gasteiger partial charge is 0.339 e. The average molecular weight is 735 g/mol. The Morgan fingerprint density at radius 2 is 0.926 bits per heavy atom. The first-order valence-electron chi connectivity index (χ1n) is 18.5. The molecular formula is C46H54O8. The minimum Gasteiger partial charge on any atom is -0.507 e. The summed E-state index contributed by atoms with van der Waals surface area (Å²) in [6.07, 6.45) is 3.41. The molecule has 3 unspecified atom stereocenters. The molecule has 0 heterocycles. The fourth-order valence-corrected chi connectivity index (χ4v) is 5.32. The Hall–Kier alpha value is -5.76. The zero-order valence-electron chi connectivity index (χ0n) is 32.2. The van der Waals surface area contributed by atoms with Gasteiger partial charge in [-0.3, -0.25) is 0 Å². The van der Waals surface area contributed by atoms with Crippen LogP contribution in [0.15, 0.2) is 115 Å². The quantitative estimate of drug-likeness (QED) is 0.0886. The Morgan fingerprint density at radius 1 is 0.500 bits per heavy atom. The summed E-state index contributed by atoms with van der Waals surface area (Å²) >= 11 is 0. The van der Waals surface area contributed by atoms with Crippen LogP contribution in [0, 0.1) is 0 Å². The third-order valence-corrected chi connectivity index (χ3v) is 9.48. The monoisotopic (exact) mass is 734 g/mol. The summed E-state index contributed by atoms with van der Waals surface area (Å²) in [5, 5.41) is 37.0. The van der Waals surface area contributed by atoms with Gasteiger partial charge in [0, 0.05) is 12.1 Å². The van der Waals surface area contributed by atoms with Crippen LogP contribution < -0.4 is 9.47 Å². The Balaban J connectivity index is 0.000000233. The summed E-state index contributed by atoms with van der Waals surface area (Å²) in [6.45, 7) is 13.9. The summed E-state index contributed by atoms with van der Waals surface area (Å²) in [6, 6.07) is 35.5. The molecule has 5 aromatic rings. The first-order valence-corrected chi connectivity index (χ1v) is 18.5. The molecule has 8 nitrogen and oxygen atoms in total. The molecule has 5 rings (SSSR count). The van der Waals surface area contributed by atoms with Gasteiger partial charge in [-0.2, -0.15) is 0 Å². The van der Waals surface area contributed by atoms with E-state index in [4.69, 9.17) is 19.7 Å². The van der Waals surface area contributed by atoms with Crippen molar-refractivity contribution >= 4 is 11.9 Å². The average Bonchev–Trinajstić information content (AvgIpc) is 3.19. The van der Waals surface area contributed by atoms with Crippen molar-refractivity contribution in [1.82, 2.24) is 0 Å². The first kappa shape index (κ1) is 42.7. The van der Waals surface area contributed by atoms with Crippen LogP contribution in [0.1, 0.15) is 127 Å². The van der Waals surface area contributed by atoms with Gasteiger partial charge in [0.15, 0.2) is 0 Å². The number of hydrogen-bond acceptors (Lipinski definition) is 6. The lowest BCUT2D eigenvalue weighted by Gasteiger charge is -2.12. The SMILES string of the molecule is CCC(C)c1ccc(COc2ccc(C(=O)O)c(O)c2)cc1.CCC(C)c1cccc(COc2ccc(C(=O)O)c(O)c2)c1.CCC(C)c1ccccc1. The Bertz CT molecular complexity index is 1900. The molecular weight excluding hydrogens is 680 g/mol. The van der Waals surface area contributed by atoms with Gasteiger partial charge in [-0.25, -0.2) is 9.59 Å². The second-order valence-electron chi connectivity index (χ2n) is 13.4. The topological polar surface area (TPSA) is 134 Å². The van der Waals surface area contributed by atoms with E-state index in [0.717, 1.165) is 24.0 Å². The predicted molar refractivity (Wildman–Crippen MR) is 214 cm³/mol. The number of benzene rings is 5. The lowest BCUT2D eigenvalue weighted by atomic mass is 9.97. The Labute approximate surface area is 319 Å². The standard InChI is InChI=1S/2C18H20O4.C10H14/c1-3-12(2)14-6-4-13(5-7-14)11-22-15-8-9-16(18(20)21)17(19)10-15;1-3-12(2)14-6-4-5-13(9-14)11-22-15-7-8-16(18(20)21)17(19)10-15;1-3-9(2)10-7-5-4-6-8-10/h2*4-10,12,19H,3,11H2,1-2H3,(H,20,21);4-9H,3H2,1-2H3. The summed E-state index contributed by atoms with van der Waals surface area (Å²) in [5.41, 5.74) is 5.82. The van der Waals surface area contributed by atoms with Gasteiger partial charge in [0.2, 0.25) is 0 Å². The van der Waals surface area contributed by atoms with E-state index in [1.54, 1.807) is 6.07 Å². The van der Waals surface area contributed by atoms with Crippen LogP contribution in [-0.4, -0.2) is 32.4 Å². The number of phenols is 2. The molecule has 0 aromatic heterocycles. The number of carboxylic acids is 2. The van der Waals surface area contributed by atoms with Crippen molar-refractivity contribution in [2.75, 3.05) is 0 Å². The fraction of sp³-hybridized carbons (Fsp3) is 0.304. The van der Waals surface area contributed by atoms with E-state index in [0.29, 0.717) is 42.5 Å². The maximum absolute atomic E-state index is 10.8. The van der Waals surface area contributed by atoms with E-state index in [2.05, 4.69) is 96.1 Å². The number of rotatable bonds is 14.